The zero-order valence-electron chi connectivity index (χ0n) is 8.89. The minimum atomic E-state index is 0.174. The van der Waals surface area contributed by atoms with E-state index in [1.807, 2.05) is 18.2 Å². The summed E-state index contributed by atoms with van der Waals surface area (Å²) in [7, 11) is 1.70. The second-order valence-corrected chi connectivity index (χ2v) is 4.52. The quantitative estimate of drug-likeness (QED) is 0.898. The molecule has 0 radical (unpaired) electrons. The number of ether oxygens (including phenoxy) is 1. The minimum absolute atomic E-state index is 0.174. The van der Waals surface area contributed by atoms with Crippen LogP contribution >= 0.6 is 27.5 Å². The van der Waals surface area contributed by atoms with Gasteiger partial charge in [0, 0.05) is 16.6 Å². The van der Waals surface area contributed by atoms with E-state index in [-0.39, 0.29) is 6.04 Å². The van der Waals surface area contributed by atoms with Crippen LogP contribution in [0.25, 0.3) is 0 Å². The fourth-order valence-corrected chi connectivity index (χ4v) is 2.16. The third kappa shape index (κ3) is 3.76. The maximum Gasteiger partial charge on any atom is 0.0658 e. The van der Waals surface area contributed by atoms with Crippen LogP contribution in [-0.4, -0.2) is 20.3 Å². The molecule has 0 amide bonds. The summed E-state index contributed by atoms with van der Waals surface area (Å²) in [6.45, 7) is 3.60. The van der Waals surface area contributed by atoms with E-state index in [9.17, 15) is 0 Å². The van der Waals surface area contributed by atoms with Gasteiger partial charge in [0.25, 0.3) is 0 Å². The molecule has 1 atom stereocenters. The summed E-state index contributed by atoms with van der Waals surface area (Å²) in [6, 6.07) is 5.95. The van der Waals surface area contributed by atoms with E-state index < -0.39 is 0 Å². The summed E-state index contributed by atoms with van der Waals surface area (Å²) >= 11 is 9.49. The summed E-state index contributed by atoms with van der Waals surface area (Å²) in [5.41, 5.74) is 1.13. The highest BCUT2D eigenvalue weighted by atomic mass is 79.9. The molecular formula is C11H15BrClNO. The molecule has 1 aromatic rings. The van der Waals surface area contributed by atoms with Crippen LogP contribution in [0.3, 0.4) is 0 Å². The highest BCUT2D eigenvalue weighted by molar-refractivity contribution is 9.10. The lowest BCUT2D eigenvalue weighted by Gasteiger charge is -2.19. The van der Waals surface area contributed by atoms with E-state index in [0.717, 1.165) is 21.6 Å². The van der Waals surface area contributed by atoms with Crippen LogP contribution in [0.2, 0.25) is 5.02 Å². The summed E-state index contributed by atoms with van der Waals surface area (Å²) in [5, 5.41) is 4.10. The van der Waals surface area contributed by atoms with Gasteiger partial charge in [-0.2, -0.15) is 0 Å². The van der Waals surface area contributed by atoms with Crippen molar-refractivity contribution in [2.24, 2.45) is 0 Å². The van der Waals surface area contributed by atoms with Gasteiger partial charge in [-0.15, -0.1) is 0 Å². The second kappa shape index (κ2) is 6.48. The Morgan fingerprint density at radius 1 is 1.53 bits per heavy atom. The average Bonchev–Trinajstić information content (AvgIpc) is 2.21. The number of hydrogen-bond acceptors (Lipinski definition) is 2. The van der Waals surface area contributed by atoms with Crippen LogP contribution in [0, 0.1) is 0 Å². The molecule has 0 aromatic heterocycles. The molecule has 1 aromatic carbocycles. The van der Waals surface area contributed by atoms with Gasteiger partial charge in [-0.05, 0) is 30.3 Å². The van der Waals surface area contributed by atoms with Crippen molar-refractivity contribution in [3.8, 4) is 0 Å². The molecular weight excluding hydrogens is 277 g/mol. The number of methoxy groups -OCH3 is 1. The molecule has 84 valence electrons. The lowest BCUT2D eigenvalue weighted by atomic mass is 10.1. The van der Waals surface area contributed by atoms with Gasteiger partial charge >= 0.3 is 0 Å². The molecule has 2 nitrogen and oxygen atoms in total. The fraction of sp³-hybridized carbons (Fsp3) is 0.455. The summed E-state index contributed by atoms with van der Waals surface area (Å²) in [6.07, 6.45) is 0. The van der Waals surface area contributed by atoms with Gasteiger partial charge in [0.2, 0.25) is 0 Å². The van der Waals surface area contributed by atoms with E-state index >= 15 is 0 Å². The Labute approximate surface area is 104 Å². The van der Waals surface area contributed by atoms with E-state index in [4.69, 9.17) is 16.3 Å². The summed E-state index contributed by atoms with van der Waals surface area (Å²) in [4.78, 5) is 0. The van der Waals surface area contributed by atoms with E-state index in [1.165, 1.54) is 0 Å². The van der Waals surface area contributed by atoms with Crippen molar-refractivity contribution in [1.29, 1.82) is 0 Å². The van der Waals surface area contributed by atoms with Crippen LogP contribution in [0.1, 0.15) is 18.5 Å². The van der Waals surface area contributed by atoms with Crippen molar-refractivity contribution in [1.82, 2.24) is 5.32 Å². The molecule has 0 fully saturated rings. The maximum atomic E-state index is 5.97. The normalized spacial score (nSPS) is 12.8. The molecule has 15 heavy (non-hydrogen) atoms. The molecule has 1 unspecified atom stereocenters. The molecule has 4 heteroatoms. The summed E-state index contributed by atoms with van der Waals surface area (Å²) in [5.74, 6) is 0. The third-order valence-electron chi connectivity index (χ3n) is 2.12. The molecule has 0 spiro atoms. The van der Waals surface area contributed by atoms with Crippen molar-refractivity contribution in [3.63, 3.8) is 0 Å². The summed E-state index contributed by atoms with van der Waals surface area (Å²) < 4.78 is 6.23. The van der Waals surface area contributed by atoms with Crippen molar-refractivity contribution in [2.45, 2.75) is 13.0 Å². The van der Waals surface area contributed by atoms with Crippen LogP contribution < -0.4 is 5.32 Å². The number of nitrogens with one attached hydrogen (secondary N) is 1. The number of likely N-dealkylation sites (N-methyl/N-ethyl adjacent to an activating group) is 1. The van der Waals surface area contributed by atoms with Crippen molar-refractivity contribution in [3.05, 3.63) is 33.3 Å². The maximum absolute atomic E-state index is 5.97. The number of rotatable bonds is 5. The Balaban J connectivity index is 2.93. The van der Waals surface area contributed by atoms with Gasteiger partial charge in [-0.1, -0.05) is 34.5 Å². The van der Waals surface area contributed by atoms with Crippen molar-refractivity contribution in [2.75, 3.05) is 20.3 Å². The predicted molar refractivity (Wildman–Crippen MR) is 67.4 cm³/mol. The molecule has 0 saturated heterocycles. The van der Waals surface area contributed by atoms with Gasteiger partial charge in [0.15, 0.2) is 0 Å². The molecule has 0 aliphatic rings. The molecule has 0 aliphatic carbocycles. The standard InChI is InChI=1S/C11H15BrClNO/c1-3-14-11(7-15-2)9-6-8(13)4-5-10(9)12/h4-6,11,14H,3,7H2,1-2H3. The first-order valence-corrected chi connectivity index (χ1v) is 6.03. The van der Waals surface area contributed by atoms with Crippen molar-refractivity contribution >= 4 is 27.5 Å². The smallest absolute Gasteiger partial charge is 0.0658 e. The monoisotopic (exact) mass is 291 g/mol. The van der Waals surface area contributed by atoms with Gasteiger partial charge in [0.1, 0.15) is 0 Å². The first kappa shape index (κ1) is 13.0. The largest absolute Gasteiger partial charge is 0.383 e. The van der Waals surface area contributed by atoms with Crippen LogP contribution in [-0.2, 0) is 4.74 Å². The molecule has 0 saturated carbocycles. The SMILES string of the molecule is CCNC(COC)c1cc(Cl)ccc1Br. The highest BCUT2D eigenvalue weighted by Crippen LogP contribution is 2.26. The van der Waals surface area contributed by atoms with E-state index in [0.29, 0.717) is 6.61 Å². The number of hydrogen-bond donors (Lipinski definition) is 1. The van der Waals surface area contributed by atoms with Crippen molar-refractivity contribution < 1.29 is 4.74 Å². The Morgan fingerprint density at radius 2 is 2.27 bits per heavy atom. The van der Waals surface area contributed by atoms with Gasteiger partial charge < -0.3 is 10.1 Å². The number of halogens is 2. The zero-order chi connectivity index (χ0) is 11.3. The molecule has 1 rings (SSSR count). The molecule has 0 aliphatic heterocycles. The fourth-order valence-electron chi connectivity index (χ4n) is 1.45. The first-order valence-electron chi connectivity index (χ1n) is 4.86. The average molecular weight is 293 g/mol. The Hall–Kier alpha value is -0.0900. The Morgan fingerprint density at radius 3 is 2.87 bits per heavy atom. The Kier molecular flexibility index (Phi) is 5.61. The van der Waals surface area contributed by atoms with Gasteiger partial charge in [0.05, 0.1) is 12.6 Å². The molecule has 1 N–H and O–H groups in total. The number of benzene rings is 1. The lowest BCUT2D eigenvalue weighted by molar-refractivity contribution is 0.167. The first-order chi connectivity index (χ1) is 7.19. The van der Waals surface area contributed by atoms with E-state index in [1.54, 1.807) is 7.11 Å². The predicted octanol–water partition coefficient (Wildman–Crippen LogP) is 3.40. The molecule has 0 bridgehead atoms. The van der Waals surface area contributed by atoms with E-state index in [2.05, 4.69) is 28.2 Å². The van der Waals surface area contributed by atoms with Gasteiger partial charge in [-0.25, -0.2) is 0 Å². The highest BCUT2D eigenvalue weighted by Gasteiger charge is 2.13. The van der Waals surface area contributed by atoms with Gasteiger partial charge in [-0.3, -0.25) is 0 Å². The third-order valence-corrected chi connectivity index (χ3v) is 3.07. The van der Waals surface area contributed by atoms with Crippen LogP contribution in [0.15, 0.2) is 22.7 Å². The Bertz CT molecular complexity index is 313. The van der Waals surface area contributed by atoms with Crippen LogP contribution in [0.5, 0.6) is 0 Å². The zero-order valence-corrected chi connectivity index (χ0v) is 11.2. The topological polar surface area (TPSA) is 21.3 Å². The molecule has 0 heterocycles. The second-order valence-electron chi connectivity index (χ2n) is 3.23. The lowest BCUT2D eigenvalue weighted by Crippen LogP contribution is -2.25. The minimum Gasteiger partial charge on any atom is -0.383 e. The van der Waals surface area contributed by atoms with Crippen LogP contribution in [0.4, 0.5) is 0 Å².